The fourth-order valence-electron chi connectivity index (χ4n) is 1.38. The van der Waals surface area contributed by atoms with Gasteiger partial charge in [0.1, 0.15) is 4.90 Å². The Labute approximate surface area is 115 Å². The number of halogens is 2. The highest BCUT2D eigenvalue weighted by Gasteiger charge is 2.19. The van der Waals surface area contributed by atoms with Gasteiger partial charge in [0.15, 0.2) is 5.82 Å². The van der Waals surface area contributed by atoms with Crippen molar-refractivity contribution in [2.75, 3.05) is 6.54 Å². The van der Waals surface area contributed by atoms with Crippen molar-refractivity contribution in [3.63, 3.8) is 0 Å². The van der Waals surface area contributed by atoms with Gasteiger partial charge in [0.25, 0.3) is 0 Å². The second-order valence-electron chi connectivity index (χ2n) is 3.80. The van der Waals surface area contributed by atoms with Crippen molar-refractivity contribution in [1.82, 2.24) is 4.72 Å². The molecule has 0 fully saturated rings. The van der Waals surface area contributed by atoms with Crippen molar-refractivity contribution in [1.29, 1.82) is 0 Å². The van der Waals surface area contributed by atoms with Gasteiger partial charge in [-0.3, -0.25) is 4.79 Å². The van der Waals surface area contributed by atoms with Crippen LogP contribution in [0.5, 0.6) is 0 Å². The van der Waals surface area contributed by atoms with E-state index in [0.29, 0.717) is 12.8 Å². The van der Waals surface area contributed by atoms with E-state index < -0.39 is 26.7 Å². The molecule has 0 amide bonds. The first kappa shape index (κ1) is 15.9. The zero-order valence-electron chi connectivity index (χ0n) is 9.90. The molecule has 1 aromatic rings. The zero-order valence-corrected chi connectivity index (χ0v) is 11.5. The number of carbonyl (C=O) groups is 1. The van der Waals surface area contributed by atoms with Gasteiger partial charge >= 0.3 is 5.97 Å². The van der Waals surface area contributed by atoms with Crippen LogP contribution in [0.3, 0.4) is 0 Å². The lowest BCUT2D eigenvalue weighted by atomic mass is 10.2. The monoisotopic (exact) mass is 309 g/mol. The molecule has 8 heteroatoms. The summed E-state index contributed by atoms with van der Waals surface area (Å²) in [7, 11) is -3.97. The van der Waals surface area contributed by atoms with E-state index in [2.05, 4.69) is 4.72 Å². The maximum Gasteiger partial charge on any atom is 0.303 e. The van der Waals surface area contributed by atoms with Gasteiger partial charge < -0.3 is 5.11 Å². The molecule has 0 bridgehead atoms. The number of hydrogen-bond acceptors (Lipinski definition) is 3. The summed E-state index contributed by atoms with van der Waals surface area (Å²) in [5.41, 5.74) is 0. The second kappa shape index (κ2) is 6.83. The first-order valence-corrected chi connectivity index (χ1v) is 7.36. The molecule has 0 aliphatic carbocycles. The second-order valence-corrected chi connectivity index (χ2v) is 5.94. The Morgan fingerprint density at radius 2 is 2.05 bits per heavy atom. The molecule has 106 valence electrons. The minimum Gasteiger partial charge on any atom is -0.481 e. The Hall–Kier alpha value is -1.18. The van der Waals surface area contributed by atoms with Gasteiger partial charge in [0.2, 0.25) is 10.0 Å². The molecule has 0 radical (unpaired) electrons. The van der Waals surface area contributed by atoms with Gasteiger partial charge in [0, 0.05) is 13.0 Å². The highest BCUT2D eigenvalue weighted by Crippen LogP contribution is 2.21. The smallest absolute Gasteiger partial charge is 0.303 e. The number of aliphatic carboxylic acids is 1. The summed E-state index contributed by atoms with van der Waals surface area (Å²) < 4.78 is 39.3. The van der Waals surface area contributed by atoms with E-state index in [9.17, 15) is 17.6 Å². The van der Waals surface area contributed by atoms with Gasteiger partial charge in [-0.05, 0) is 25.0 Å². The number of carboxylic acids is 1. The SMILES string of the molecule is O=C(O)CCCCNS(=O)(=O)c1cccc(Cl)c1F. The predicted molar refractivity (Wildman–Crippen MR) is 68.1 cm³/mol. The molecule has 1 aromatic carbocycles. The third-order valence-electron chi connectivity index (χ3n) is 2.32. The normalized spacial score (nSPS) is 11.5. The van der Waals surface area contributed by atoms with Crippen LogP contribution in [0.1, 0.15) is 19.3 Å². The van der Waals surface area contributed by atoms with E-state index in [0.717, 1.165) is 6.07 Å². The molecule has 0 heterocycles. The Bertz CT molecular complexity index is 562. The van der Waals surface area contributed by atoms with Crippen LogP contribution in [0, 0.1) is 5.82 Å². The molecule has 1 rings (SSSR count). The van der Waals surface area contributed by atoms with Crippen LogP contribution in [-0.4, -0.2) is 26.0 Å². The summed E-state index contributed by atoms with van der Waals surface area (Å²) in [4.78, 5) is 9.74. The molecule has 0 aromatic heterocycles. The largest absolute Gasteiger partial charge is 0.481 e. The molecule has 0 unspecified atom stereocenters. The first-order valence-electron chi connectivity index (χ1n) is 5.50. The van der Waals surface area contributed by atoms with Crippen LogP contribution in [0.4, 0.5) is 4.39 Å². The van der Waals surface area contributed by atoms with Crippen molar-refractivity contribution in [2.45, 2.75) is 24.2 Å². The van der Waals surface area contributed by atoms with Crippen molar-refractivity contribution in [2.24, 2.45) is 0 Å². The molecule has 19 heavy (non-hydrogen) atoms. The van der Waals surface area contributed by atoms with Gasteiger partial charge in [-0.2, -0.15) is 0 Å². The van der Waals surface area contributed by atoms with Gasteiger partial charge in [0.05, 0.1) is 5.02 Å². The Kier molecular flexibility index (Phi) is 5.71. The van der Waals surface area contributed by atoms with E-state index in [1.54, 1.807) is 0 Å². The van der Waals surface area contributed by atoms with E-state index >= 15 is 0 Å². The lowest BCUT2D eigenvalue weighted by Crippen LogP contribution is -2.25. The zero-order chi connectivity index (χ0) is 14.5. The molecule has 0 aliphatic heterocycles. The molecule has 0 spiro atoms. The predicted octanol–water partition coefficient (Wildman–Crippen LogP) is 2.01. The van der Waals surface area contributed by atoms with Crippen LogP contribution in [-0.2, 0) is 14.8 Å². The van der Waals surface area contributed by atoms with Gasteiger partial charge in [-0.15, -0.1) is 0 Å². The highest BCUT2D eigenvalue weighted by molar-refractivity contribution is 7.89. The quantitative estimate of drug-likeness (QED) is 0.755. The summed E-state index contributed by atoms with van der Waals surface area (Å²) >= 11 is 5.51. The number of sulfonamides is 1. The van der Waals surface area contributed by atoms with E-state index in [-0.39, 0.29) is 18.0 Å². The summed E-state index contributed by atoms with van der Waals surface area (Å²) in [5, 5.41) is 8.15. The van der Waals surface area contributed by atoms with Gasteiger partial charge in [-0.1, -0.05) is 17.7 Å². The summed E-state index contributed by atoms with van der Waals surface area (Å²) in [6.07, 6.45) is 0.664. The molecule has 0 atom stereocenters. The van der Waals surface area contributed by atoms with Crippen LogP contribution < -0.4 is 4.72 Å². The van der Waals surface area contributed by atoms with E-state index in [1.807, 2.05) is 0 Å². The number of hydrogen-bond donors (Lipinski definition) is 2. The molecule has 0 saturated heterocycles. The van der Waals surface area contributed by atoms with Crippen molar-refractivity contribution < 1.29 is 22.7 Å². The van der Waals surface area contributed by atoms with E-state index in [1.165, 1.54) is 12.1 Å². The Morgan fingerprint density at radius 1 is 1.37 bits per heavy atom. The molecular formula is C11H13ClFNO4S. The average molecular weight is 310 g/mol. The molecule has 0 saturated carbocycles. The summed E-state index contributed by atoms with van der Waals surface area (Å²) in [5.74, 6) is -1.94. The molecule has 2 N–H and O–H groups in total. The first-order chi connectivity index (χ1) is 8.84. The third kappa shape index (κ3) is 4.77. The lowest BCUT2D eigenvalue weighted by molar-refractivity contribution is -0.137. The minimum absolute atomic E-state index is 0.0345. The number of carboxylic acid groups (broad SMARTS) is 1. The number of benzene rings is 1. The van der Waals surface area contributed by atoms with Crippen LogP contribution in [0.25, 0.3) is 0 Å². The van der Waals surface area contributed by atoms with Crippen LogP contribution in [0.2, 0.25) is 5.02 Å². The fraction of sp³-hybridized carbons (Fsp3) is 0.364. The van der Waals surface area contributed by atoms with Crippen molar-refractivity contribution in [3.05, 3.63) is 29.0 Å². The number of nitrogens with one attached hydrogen (secondary N) is 1. The van der Waals surface area contributed by atoms with Gasteiger partial charge in [-0.25, -0.2) is 17.5 Å². The standard InChI is InChI=1S/C11H13ClFNO4S/c12-8-4-3-5-9(11(8)13)19(17,18)14-7-2-1-6-10(15)16/h3-5,14H,1-2,6-7H2,(H,15,16). The third-order valence-corrected chi connectivity index (χ3v) is 4.09. The molecule has 0 aliphatic rings. The number of unbranched alkanes of at least 4 members (excludes halogenated alkanes) is 1. The van der Waals surface area contributed by atoms with Crippen LogP contribution in [0.15, 0.2) is 23.1 Å². The average Bonchev–Trinajstić information content (AvgIpc) is 2.31. The lowest BCUT2D eigenvalue weighted by Gasteiger charge is -2.07. The molecule has 5 nitrogen and oxygen atoms in total. The maximum atomic E-state index is 13.5. The minimum atomic E-state index is -3.97. The topological polar surface area (TPSA) is 83.5 Å². The highest BCUT2D eigenvalue weighted by atomic mass is 35.5. The maximum absolute atomic E-state index is 13.5. The summed E-state index contributed by atoms with van der Waals surface area (Å²) in [6.45, 7) is 0.0432. The van der Waals surface area contributed by atoms with Crippen molar-refractivity contribution in [3.8, 4) is 0 Å². The van der Waals surface area contributed by atoms with Crippen molar-refractivity contribution >= 4 is 27.6 Å². The van der Waals surface area contributed by atoms with E-state index in [4.69, 9.17) is 16.7 Å². The Morgan fingerprint density at radius 3 is 2.68 bits per heavy atom. The van der Waals surface area contributed by atoms with Crippen LogP contribution >= 0.6 is 11.6 Å². The number of rotatable bonds is 7. The summed E-state index contributed by atoms with van der Waals surface area (Å²) in [6, 6.07) is 3.70. The Balaban J connectivity index is 2.61. The molecular weight excluding hydrogens is 297 g/mol. The fourth-order valence-corrected chi connectivity index (χ4v) is 2.78.